The first-order chi connectivity index (χ1) is 7.60. The van der Waals surface area contributed by atoms with Crippen LogP contribution in [-0.2, 0) is 14.3 Å². The summed E-state index contributed by atoms with van der Waals surface area (Å²) >= 11 is 0. The van der Waals surface area contributed by atoms with Gasteiger partial charge in [-0.3, -0.25) is 9.59 Å². The fourth-order valence-electron chi connectivity index (χ4n) is 2.65. The number of carbonyl (C=O) groups excluding carboxylic acids is 2. The number of hydrogen-bond donors (Lipinski definition) is 0. The zero-order valence-electron chi connectivity index (χ0n) is 10.5. The van der Waals surface area contributed by atoms with Crippen LogP contribution in [0, 0.1) is 17.8 Å². The van der Waals surface area contributed by atoms with Crippen LogP contribution in [0.15, 0.2) is 0 Å². The number of rotatable bonds is 6. The number of Topliss-reactive ketones (excluding diaryl/α,β-unsaturated/α-hetero) is 1. The Balaban J connectivity index is 2.34. The second kappa shape index (κ2) is 6.02. The summed E-state index contributed by atoms with van der Waals surface area (Å²) in [6, 6.07) is 0. The number of ketones is 1. The van der Waals surface area contributed by atoms with Gasteiger partial charge >= 0.3 is 5.97 Å². The maximum Gasteiger partial charge on any atom is 0.305 e. The van der Waals surface area contributed by atoms with Gasteiger partial charge in [-0.15, -0.1) is 0 Å². The summed E-state index contributed by atoms with van der Waals surface area (Å²) < 4.78 is 4.54. The molecule has 1 saturated carbocycles. The Morgan fingerprint density at radius 3 is 2.50 bits per heavy atom. The van der Waals surface area contributed by atoms with Crippen molar-refractivity contribution in [2.24, 2.45) is 17.8 Å². The molecule has 0 radical (unpaired) electrons. The molecule has 0 aromatic rings. The molecule has 3 nitrogen and oxygen atoms in total. The van der Waals surface area contributed by atoms with Gasteiger partial charge in [-0.1, -0.05) is 20.3 Å². The molecular formula is C13H22O3. The molecule has 0 spiro atoms. The van der Waals surface area contributed by atoms with E-state index >= 15 is 0 Å². The van der Waals surface area contributed by atoms with Crippen LogP contribution in [0.3, 0.4) is 0 Å². The van der Waals surface area contributed by atoms with Crippen molar-refractivity contribution in [2.45, 2.75) is 46.0 Å². The molecule has 1 aliphatic carbocycles. The van der Waals surface area contributed by atoms with E-state index in [0.717, 1.165) is 19.3 Å². The summed E-state index contributed by atoms with van der Waals surface area (Å²) in [4.78, 5) is 22.8. The molecule has 0 aromatic carbocycles. The number of esters is 1. The van der Waals surface area contributed by atoms with Crippen molar-refractivity contribution < 1.29 is 14.3 Å². The molecular weight excluding hydrogens is 204 g/mol. The van der Waals surface area contributed by atoms with E-state index in [2.05, 4.69) is 18.6 Å². The third kappa shape index (κ3) is 3.06. The predicted octanol–water partition coefficient (Wildman–Crippen LogP) is 2.58. The standard InChI is InChI=1S/C13H22O3/c1-4-5-10-9(2)8-11(10)12(14)6-7-13(15)16-3/h9-11H,4-8H2,1-3H3. The Morgan fingerprint density at radius 1 is 1.31 bits per heavy atom. The molecule has 1 fully saturated rings. The molecule has 3 unspecified atom stereocenters. The normalized spacial score (nSPS) is 28.3. The van der Waals surface area contributed by atoms with Crippen LogP contribution in [-0.4, -0.2) is 18.9 Å². The maximum atomic E-state index is 11.9. The van der Waals surface area contributed by atoms with Crippen molar-refractivity contribution in [3.8, 4) is 0 Å². The van der Waals surface area contributed by atoms with Gasteiger partial charge in [0.05, 0.1) is 13.5 Å². The summed E-state index contributed by atoms with van der Waals surface area (Å²) in [7, 11) is 1.36. The molecule has 0 bridgehead atoms. The first-order valence-corrected chi connectivity index (χ1v) is 6.19. The molecule has 0 amide bonds. The number of methoxy groups -OCH3 is 1. The second-order valence-corrected chi connectivity index (χ2v) is 4.81. The molecule has 0 N–H and O–H groups in total. The van der Waals surface area contributed by atoms with E-state index in [1.54, 1.807) is 0 Å². The molecule has 16 heavy (non-hydrogen) atoms. The van der Waals surface area contributed by atoms with E-state index in [9.17, 15) is 9.59 Å². The Labute approximate surface area is 97.5 Å². The van der Waals surface area contributed by atoms with Crippen molar-refractivity contribution >= 4 is 11.8 Å². The third-order valence-electron chi connectivity index (χ3n) is 3.71. The highest BCUT2D eigenvalue weighted by Gasteiger charge is 2.41. The molecule has 0 saturated heterocycles. The molecule has 0 heterocycles. The van der Waals surface area contributed by atoms with Crippen LogP contribution in [0.2, 0.25) is 0 Å². The van der Waals surface area contributed by atoms with Crippen molar-refractivity contribution in [1.29, 1.82) is 0 Å². The Morgan fingerprint density at radius 2 is 2.00 bits per heavy atom. The van der Waals surface area contributed by atoms with Gasteiger partial charge in [0.2, 0.25) is 0 Å². The van der Waals surface area contributed by atoms with Gasteiger partial charge in [-0.2, -0.15) is 0 Å². The number of ether oxygens (including phenoxy) is 1. The number of hydrogen-bond acceptors (Lipinski definition) is 3. The fourth-order valence-corrected chi connectivity index (χ4v) is 2.65. The van der Waals surface area contributed by atoms with Gasteiger partial charge in [0.25, 0.3) is 0 Å². The van der Waals surface area contributed by atoms with Gasteiger partial charge in [0, 0.05) is 12.3 Å². The largest absolute Gasteiger partial charge is 0.469 e. The Hall–Kier alpha value is -0.860. The minimum Gasteiger partial charge on any atom is -0.469 e. The molecule has 92 valence electrons. The van der Waals surface area contributed by atoms with Crippen LogP contribution in [0.4, 0.5) is 0 Å². The van der Waals surface area contributed by atoms with Gasteiger partial charge in [-0.25, -0.2) is 0 Å². The predicted molar refractivity (Wildman–Crippen MR) is 61.9 cm³/mol. The molecule has 0 aromatic heterocycles. The number of carbonyl (C=O) groups is 2. The lowest BCUT2D eigenvalue weighted by Crippen LogP contribution is -2.40. The van der Waals surface area contributed by atoms with Crippen molar-refractivity contribution in [2.75, 3.05) is 7.11 Å². The average molecular weight is 226 g/mol. The van der Waals surface area contributed by atoms with Crippen LogP contribution < -0.4 is 0 Å². The van der Waals surface area contributed by atoms with E-state index in [-0.39, 0.29) is 24.1 Å². The highest BCUT2D eigenvalue weighted by atomic mass is 16.5. The highest BCUT2D eigenvalue weighted by Crippen LogP contribution is 2.44. The molecule has 3 atom stereocenters. The highest BCUT2D eigenvalue weighted by molar-refractivity contribution is 5.85. The SMILES string of the molecule is CCCC1C(C)CC1C(=O)CCC(=O)OC. The first-order valence-electron chi connectivity index (χ1n) is 6.19. The van der Waals surface area contributed by atoms with E-state index in [1.165, 1.54) is 7.11 Å². The fraction of sp³-hybridized carbons (Fsp3) is 0.846. The lowest BCUT2D eigenvalue weighted by molar-refractivity contribution is -0.143. The van der Waals surface area contributed by atoms with Crippen molar-refractivity contribution in [3.63, 3.8) is 0 Å². The maximum absolute atomic E-state index is 11.9. The van der Waals surface area contributed by atoms with E-state index in [0.29, 0.717) is 18.3 Å². The Kier molecular flexibility index (Phi) is 4.97. The van der Waals surface area contributed by atoms with Gasteiger partial charge in [-0.05, 0) is 24.7 Å². The lowest BCUT2D eigenvalue weighted by Gasteiger charge is -2.42. The third-order valence-corrected chi connectivity index (χ3v) is 3.71. The van der Waals surface area contributed by atoms with Gasteiger partial charge in [0.1, 0.15) is 5.78 Å². The summed E-state index contributed by atoms with van der Waals surface area (Å²) in [6.45, 7) is 4.37. The zero-order chi connectivity index (χ0) is 12.1. The monoisotopic (exact) mass is 226 g/mol. The van der Waals surface area contributed by atoms with Crippen LogP contribution in [0.5, 0.6) is 0 Å². The van der Waals surface area contributed by atoms with Gasteiger partial charge in [0.15, 0.2) is 0 Å². The topological polar surface area (TPSA) is 43.4 Å². The minimum atomic E-state index is -0.284. The van der Waals surface area contributed by atoms with Gasteiger partial charge < -0.3 is 4.74 Å². The lowest BCUT2D eigenvalue weighted by atomic mass is 9.62. The molecule has 3 heteroatoms. The average Bonchev–Trinajstić information content (AvgIpc) is 2.29. The summed E-state index contributed by atoms with van der Waals surface area (Å²) in [6.07, 6.45) is 3.86. The first kappa shape index (κ1) is 13.2. The van der Waals surface area contributed by atoms with E-state index in [1.807, 2.05) is 0 Å². The minimum absolute atomic E-state index is 0.208. The van der Waals surface area contributed by atoms with Crippen LogP contribution in [0.1, 0.15) is 46.0 Å². The zero-order valence-corrected chi connectivity index (χ0v) is 10.5. The van der Waals surface area contributed by atoms with E-state index in [4.69, 9.17) is 0 Å². The second-order valence-electron chi connectivity index (χ2n) is 4.81. The molecule has 1 aliphatic rings. The molecule has 1 rings (SSSR count). The summed E-state index contributed by atoms with van der Waals surface area (Å²) in [5.41, 5.74) is 0. The molecule has 0 aliphatic heterocycles. The Bertz CT molecular complexity index is 260. The summed E-state index contributed by atoms with van der Waals surface area (Å²) in [5.74, 6) is 1.40. The quantitative estimate of drug-likeness (QED) is 0.654. The summed E-state index contributed by atoms with van der Waals surface area (Å²) in [5, 5.41) is 0. The van der Waals surface area contributed by atoms with E-state index < -0.39 is 0 Å². The van der Waals surface area contributed by atoms with Crippen molar-refractivity contribution in [3.05, 3.63) is 0 Å². The smallest absolute Gasteiger partial charge is 0.305 e. The van der Waals surface area contributed by atoms with Crippen LogP contribution in [0.25, 0.3) is 0 Å². The van der Waals surface area contributed by atoms with Crippen molar-refractivity contribution in [1.82, 2.24) is 0 Å². The van der Waals surface area contributed by atoms with Crippen LogP contribution >= 0.6 is 0 Å².